The molecule has 2 N–H and O–H groups in total. The van der Waals surface area contributed by atoms with Gasteiger partial charge in [0, 0.05) is 7.11 Å². The summed E-state index contributed by atoms with van der Waals surface area (Å²) in [5.74, 6) is 0. The van der Waals surface area contributed by atoms with Crippen molar-refractivity contribution in [2.75, 3.05) is 26.9 Å². The second kappa shape index (κ2) is 7.09. The number of nitrogens with two attached hydrogens (primary N) is 1. The van der Waals surface area contributed by atoms with Crippen molar-refractivity contribution in [1.82, 2.24) is 0 Å². The van der Waals surface area contributed by atoms with Crippen LogP contribution in [0.15, 0.2) is 18.2 Å². The van der Waals surface area contributed by atoms with E-state index >= 15 is 0 Å². The molecule has 16 heavy (non-hydrogen) atoms. The van der Waals surface area contributed by atoms with E-state index in [9.17, 15) is 0 Å². The predicted molar refractivity (Wildman–Crippen MR) is 66.1 cm³/mol. The Morgan fingerprint density at radius 2 is 2.06 bits per heavy atom. The topological polar surface area (TPSA) is 44.5 Å². The lowest BCUT2D eigenvalue weighted by atomic mass is 10.1. The van der Waals surface area contributed by atoms with Crippen LogP contribution >= 0.6 is 23.2 Å². The van der Waals surface area contributed by atoms with Crippen LogP contribution in [-0.4, -0.2) is 26.9 Å². The van der Waals surface area contributed by atoms with Crippen molar-refractivity contribution in [2.24, 2.45) is 5.73 Å². The second-order valence-corrected chi connectivity index (χ2v) is 4.10. The van der Waals surface area contributed by atoms with Gasteiger partial charge in [0.05, 0.1) is 35.9 Å². The second-order valence-electron chi connectivity index (χ2n) is 3.32. The average molecular weight is 264 g/mol. The molecule has 0 saturated heterocycles. The Labute approximate surface area is 105 Å². The van der Waals surface area contributed by atoms with Crippen LogP contribution in [-0.2, 0) is 9.47 Å². The van der Waals surface area contributed by atoms with E-state index in [1.54, 1.807) is 13.2 Å². The maximum absolute atomic E-state index is 6.04. The molecule has 1 aromatic carbocycles. The Morgan fingerprint density at radius 3 is 2.75 bits per heavy atom. The van der Waals surface area contributed by atoms with Crippen LogP contribution in [0.1, 0.15) is 11.6 Å². The monoisotopic (exact) mass is 263 g/mol. The summed E-state index contributed by atoms with van der Waals surface area (Å²) >= 11 is 11.9. The largest absolute Gasteiger partial charge is 0.382 e. The highest BCUT2D eigenvalue weighted by Crippen LogP contribution is 2.28. The van der Waals surface area contributed by atoms with Crippen molar-refractivity contribution < 1.29 is 9.47 Å². The fourth-order valence-corrected chi connectivity index (χ4v) is 1.70. The van der Waals surface area contributed by atoms with Crippen LogP contribution in [0.3, 0.4) is 0 Å². The molecule has 1 aromatic rings. The molecule has 0 aliphatic rings. The fraction of sp³-hybridized carbons (Fsp3) is 0.455. The Kier molecular flexibility index (Phi) is 6.09. The van der Waals surface area contributed by atoms with Crippen molar-refractivity contribution in [3.8, 4) is 0 Å². The maximum atomic E-state index is 6.04. The lowest BCUT2D eigenvalue weighted by Gasteiger charge is -2.14. The van der Waals surface area contributed by atoms with Crippen molar-refractivity contribution in [1.29, 1.82) is 0 Å². The first-order valence-corrected chi connectivity index (χ1v) is 5.68. The van der Waals surface area contributed by atoms with Crippen LogP contribution in [0, 0.1) is 0 Å². The van der Waals surface area contributed by atoms with Crippen LogP contribution in [0.5, 0.6) is 0 Å². The summed E-state index contributed by atoms with van der Waals surface area (Å²) in [6, 6.07) is 5.12. The van der Waals surface area contributed by atoms with Crippen LogP contribution in [0.2, 0.25) is 10.0 Å². The molecule has 3 nitrogen and oxygen atoms in total. The molecule has 90 valence electrons. The fourth-order valence-electron chi connectivity index (χ4n) is 1.25. The number of halogens is 2. The Hall–Kier alpha value is -0.320. The Balaban J connectivity index is 2.52. The number of methoxy groups -OCH3 is 1. The quantitative estimate of drug-likeness (QED) is 0.803. The third-order valence-electron chi connectivity index (χ3n) is 2.11. The first-order chi connectivity index (χ1) is 7.66. The number of hydrogen-bond donors (Lipinski definition) is 1. The van der Waals surface area contributed by atoms with Gasteiger partial charge in [-0.2, -0.15) is 0 Å². The van der Waals surface area contributed by atoms with Gasteiger partial charge < -0.3 is 15.2 Å². The number of hydrogen-bond acceptors (Lipinski definition) is 3. The molecule has 0 spiro atoms. The SMILES string of the molecule is COCCOCC(N)c1cccc(Cl)c1Cl. The van der Waals surface area contributed by atoms with Gasteiger partial charge in [-0.1, -0.05) is 35.3 Å². The standard InChI is InChI=1S/C11H15Cl2NO2/c1-15-5-6-16-7-10(14)8-3-2-4-9(12)11(8)13/h2-4,10H,5-7,14H2,1H3. The molecule has 0 amide bonds. The molecule has 0 bridgehead atoms. The van der Waals surface area contributed by atoms with E-state index in [4.69, 9.17) is 38.4 Å². The smallest absolute Gasteiger partial charge is 0.0701 e. The van der Waals surface area contributed by atoms with Crippen molar-refractivity contribution in [2.45, 2.75) is 6.04 Å². The minimum atomic E-state index is -0.275. The van der Waals surface area contributed by atoms with E-state index in [1.165, 1.54) is 0 Å². The first-order valence-electron chi connectivity index (χ1n) is 4.93. The van der Waals surface area contributed by atoms with E-state index in [-0.39, 0.29) is 6.04 Å². The van der Waals surface area contributed by atoms with E-state index in [0.717, 1.165) is 5.56 Å². The third kappa shape index (κ3) is 3.92. The first kappa shape index (κ1) is 13.7. The van der Waals surface area contributed by atoms with E-state index in [1.807, 2.05) is 12.1 Å². The molecule has 0 fully saturated rings. The van der Waals surface area contributed by atoms with Gasteiger partial charge in [-0.15, -0.1) is 0 Å². The molecule has 0 aromatic heterocycles. The summed E-state index contributed by atoms with van der Waals surface area (Å²) in [5.41, 5.74) is 6.74. The van der Waals surface area contributed by atoms with Crippen molar-refractivity contribution in [3.05, 3.63) is 33.8 Å². The molecular formula is C11H15Cl2NO2. The average Bonchev–Trinajstić information content (AvgIpc) is 2.28. The van der Waals surface area contributed by atoms with Gasteiger partial charge in [-0.3, -0.25) is 0 Å². The van der Waals surface area contributed by atoms with Crippen LogP contribution in [0.25, 0.3) is 0 Å². The molecule has 0 saturated carbocycles. The zero-order valence-electron chi connectivity index (χ0n) is 9.08. The molecular weight excluding hydrogens is 249 g/mol. The lowest BCUT2D eigenvalue weighted by Crippen LogP contribution is -2.19. The highest BCUT2D eigenvalue weighted by Gasteiger charge is 2.12. The highest BCUT2D eigenvalue weighted by atomic mass is 35.5. The van der Waals surface area contributed by atoms with Gasteiger partial charge in [0.15, 0.2) is 0 Å². The lowest BCUT2D eigenvalue weighted by molar-refractivity contribution is 0.0636. The summed E-state index contributed by atoms with van der Waals surface area (Å²) in [6.45, 7) is 1.46. The normalized spacial score (nSPS) is 12.8. The summed E-state index contributed by atoms with van der Waals surface area (Å²) in [6.07, 6.45) is 0. The molecule has 1 unspecified atom stereocenters. The molecule has 1 rings (SSSR count). The van der Waals surface area contributed by atoms with Gasteiger partial charge >= 0.3 is 0 Å². The molecule has 1 atom stereocenters. The van der Waals surface area contributed by atoms with Gasteiger partial charge in [0.1, 0.15) is 0 Å². The zero-order valence-corrected chi connectivity index (χ0v) is 10.6. The van der Waals surface area contributed by atoms with E-state index < -0.39 is 0 Å². The zero-order chi connectivity index (χ0) is 12.0. The van der Waals surface area contributed by atoms with Crippen LogP contribution < -0.4 is 5.73 Å². The maximum Gasteiger partial charge on any atom is 0.0701 e. The minimum absolute atomic E-state index is 0.275. The van der Waals surface area contributed by atoms with Gasteiger partial charge in [0.25, 0.3) is 0 Å². The van der Waals surface area contributed by atoms with E-state index in [2.05, 4.69) is 0 Å². The predicted octanol–water partition coefficient (Wildman–Crippen LogP) is 2.66. The number of benzene rings is 1. The van der Waals surface area contributed by atoms with Gasteiger partial charge in [-0.05, 0) is 11.6 Å². The summed E-state index contributed by atoms with van der Waals surface area (Å²) in [5, 5.41) is 0.999. The molecule has 0 aliphatic carbocycles. The van der Waals surface area contributed by atoms with Crippen molar-refractivity contribution in [3.63, 3.8) is 0 Å². The number of rotatable bonds is 6. The van der Waals surface area contributed by atoms with Gasteiger partial charge in [-0.25, -0.2) is 0 Å². The highest BCUT2D eigenvalue weighted by molar-refractivity contribution is 6.42. The molecule has 0 heterocycles. The minimum Gasteiger partial charge on any atom is -0.382 e. The number of ether oxygens (including phenoxy) is 2. The molecule has 5 heteroatoms. The summed E-state index contributed by atoms with van der Waals surface area (Å²) in [4.78, 5) is 0. The molecule has 0 radical (unpaired) electrons. The van der Waals surface area contributed by atoms with Crippen molar-refractivity contribution >= 4 is 23.2 Å². The van der Waals surface area contributed by atoms with Gasteiger partial charge in [0.2, 0.25) is 0 Å². The summed E-state index contributed by atoms with van der Waals surface area (Å²) in [7, 11) is 1.62. The molecule has 0 aliphatic heterocycles. The third-order valence-corrected chi connectivity index (χ3v) is 2.94. The summed E-state index contributed by atoms with van der Waals surface area (Å²) < 4.78 is 10.2. The van der Waals surface area contributed by atoms with Crippen LogP contribution in [0.4, 0.5) is 0 Å². The van der Waals surface area contributed by atoms with E-state index in [0.29, 0.717) is 29.9 Å². The Bertz CT molecular complexity index is 334. The Morgan fingerprint density at radius 1 is 1.31 bits per heavy atom.